The number of carbonyl (C=O) groups excluding carboxylic acids is 1. The lowest BCUT2D eigenvalue weighted by atomic mass is 10.0. The van der Waals surface area contributed by atoms with E-state index in [2.05, 4.69) is 4.98 Å². The van der Waals surface area contributed by atoms with Gasteiger partial charge in [0.25, 0.3) is 0 Å². The molecular formula is C26H28N2O4S. The number of thiazole rings is 1. The van der Waals surface area contributed by atoms with Crippen LogP contribution in [0.3, 0.4) is 0 Å². The lowest BCUT2D eigenvalue weighted by Gasteiger charge is -2.24. The van der Waals surface area contributed by atoms with Crippen LogP contribution >= 0.6 is 11.3 Å². The Hall–Kier alpha value is -3.32. The van der Waals surface area contributed by atoms with Gasteiger partial charge in [0.05, 0.1) is 31.0 Å². The van der Waals surface area contributed by atoms with E-state index in [-0.39, 0.29) is 11.9 Å². The van der Waals surface area contributed by atoms with E-state index in [1.54, 1.807) is 31.6 Å². The van der Waals surface area contributed by atoms with Gasteiger partial charge in [-0.2, -0.15) is 0 Å². The molecule has 1 unspecified atom stereocenters. The minimum absolute atomic E-state index is 0.00603. The highest BCUT2D eigenvalue weighted by molar-refractivity contribution is 7.09. The van der Waals surface area contributed by atoms with Gasteiger partial charge in [0.1, 0.15) is 12.4 Å². The van der Waals surface area contributed by atoms with E-state index >= 15 is 0 Å². The van der Waals surface area contributed by atoms with Crippen molar-refractivity contribution < 1.29 is 19.0 Å². The first-order valence-electron chi connectivity index (χ1n) is 10.9. The minimum atomic E-state index is 0.00603. The Morgan fingerprint density at radius 3 is 2.64 bits per heavy atom. The fourth-order valence-corrected chi connectivity index (χ4v) is 4.60. The number of methoxy groups -OCH3 is 2. The van der Waals surface area contributed by atoms with Gasteiger partial charge in [-0.15, -0.1) is 11.3 Å². The van der Waals surface area contributed by atoms with Crippen molar-refractivity contribution in [3.05, 3.63) is 75.7 Å². The molecule has 33 heavy (non-hydrogen) atoms. The van der Waals surface area contributed by atoms with Crippen LogP contribution in [-0.2, 0) is 11.4 Å². The zero-order chi connectivity index (χ0) is 23.2. The molecule has 0 aliphatic carbocycles. The maximum absolute atomic E-state index is 13.0. The first kappa shape index (κ1) is 22.9. The number of hydrogen-bond donors (Lipinski definition) is 0. The number of benzene rings is 2. The summed E-state index contributed by atoms with van der Waals surface area (Å²) < 4.78 is 16.6. The Morgan fingerprint density at radius 2 is 1.94 bits per heavy atom. The average Bonchev–Trinajstić information content (AvgIpc) is 3.50. The maximum atomic E-state index is 13.0. The molecule has 2 heterocycles. The van der Waals surface area contributed by atoms with E-state index in [9.17, 15) is 4.79 Å². The fourth-order valence-electron chi connectivity index (χ4n) is 4.01. The van der Waals surface area contributed by atoms with Crippen LogP contribution in [0, 0.1) is 6.92 Å². The molecule has 0 N–H and O–H groups in total. The number of carbonyl (C=O) groups is 1. The van der Waals surface area contributed by atoms with Crippen LogP contribution < -0.4 is 14.2 Å². The summed E-state index contributed by atoms with van der Waals surface area (Å²) in [6.45, 7) is 3.17. The number of ether oxygens (including phenoxy) is 3. The first-order chi connectivity index (χ1) is 16.1. The predicted octanol–water partition coefficient (Wildman–Crippen LogP) is 5.42. The van der Waals surface area contributed by atoms with Crippen LogP contribution in [0.25, 0.3) is 6.08 Å². The smallest absolute Gasteiger partial charge is 0.247 e. The van der Waals surface area contributed by atoms with Crippen molar-refractivity contribution in [1.29, 1.82) is 0 Å². The molecule has 1 aliphatic rings. The summed E-state index contributed by atoms with van der Waals surface area (Å²) in [5, 5.41) is 3.04. The van der Waals surface area contributed by atoms with Gasteiger partial charge in [-0.1, -0.05) is 18.2 Å². The zero-order valence-corrected chi connectivity index (χ0v) is 19.9. The molecule has 172 valence electrons. The van der Waals surface area contributed by atoms with Gasteiger partial charge < -0.3 is 19.1 Å². The number of nitrogens with zero attached hydrogens (tertiary/aromatic N) is 2. The van der Waals surface area contributed by atoms with Gasteiger partial charge in [-0.05, 0) is 61.2 Å². The number of rotatable bonds is 8. The predicted molar refractivity (Wildman–Crippen MR) is 130 cm³/mol. The van der Waals surface area contributed by atoms with Crippen LogP contribution in [0.4, 0.5) is 0 Å². The molecule has 3 aromatic rings. The lowest BCUT2D eigenvalue weighted by Crippen LogP contribution is -2.28. The van der Waals surface area contributed by atoms with Gasteiger partial charge in [0, 0.05) is 18.0 Å². The van der Waals surface area contributed by atoms with E-state index in [0.29, 0.717) is 18.1 Å². The molecule has 7 heteroatoms. The Kier molecular flexibility index (Phi) is 7.29. The van der Waals surface area contributed by atoms with Gasteiger partial charge in [0.15, 0.2) is 11.5 Å². The third kappa shape index (κ3) is 5.54. The van der Waals surface area contributed by atoms with Crippen LogP contribution in [-0.4, -0.2) is 36.6 Å². The number of amides is 1. The van der Waals surface area contributed by atoms with Crippen LogP contribution in [0.5, 0.6) is 17.2 Å². The summed E-state index contributed by atoms with van der Waals surface area (Å²) in [7, 11) is 3.24. The van der Waals surface area contributed by atoms with Crippen LogP contribution in [0.15, 0.2) is 53.9 Å². The van der Waals surface area contributed by atoms with Gasteiger partial charge >= 0.3 is 0 Å². The van der Waals surface area contributed by atoms with E-state index < -0.39 is 0 Å². The molecule has 0 spiro atoms. The SMILES string of the molecule is COc1ccc(C2CCCN2C(=O)/C=C/c2ccc(OCc3csc(C)n3)cc2)cc1OC. The second-order valence-electron chi connectivity index (χ2n) is 7.85. The highest BCUT2D eigenvalue weighted by atomic mass is 32.1. The van der Waals surface area contributed by atoms with Crippen LogP contribution in [0.1, 0.15) is 40.7 Å². The standard InChI is InChI=1S/C26H28N2O4S/c1-18-27-21(17-33-18)16-32-22-10-6-19(7-11-22)8-13-26(29)28-14-4-5-23(28)20-9-12-24(30-2)25(15-20)31-3/h6-13,15,17,23H,4-5,14,16H2,1-3H3/b13-8+. The van der Waals surface area contributed by atoms with E-state index in [1.165, 1.54) is 0 Å². The summed E-state index contributed by atoms with van der Waals surface area (Å²) in [6.07, 6.45) is 5.40. The van der Waals surface area contributed by atoms with Crippen molar-refractivity contribution in [2.45, 2.75) is 32.4 Å². The largest absolute Gasteiger partial charge is 0.493 e. The summed E-state index contributed by atoms with van der Waals surface area (Å²) in [5.74, 6) is 2.15. The number of aryl methyl sites for hydroxylation is 1. The molecule has 1 aromatic heterocycles. The average molecular weight is 465 g/mol. The number of hydrogen-bond acceptors (Lipinski definition) is 6. The molecule has 1 aliphatic heterocycles. The van der Waals surface area contributed by atoms with Crippen molar-refractivity contribution >= 4 is 23.3 Å². The third-order valence-corrected chi connectivity index (χ3v) is 6.50. The molecule has 6 nitrogen and oxygen atoms in total. The second-order valence-corrected chi connectivity index (χ2v) is 8.92. The Morgan fingerprint density at radius 1 is 1.15 bits per heavy atom. The lowest BCUT2D eigenvalue weighted by molar-refractivity contribution is -0.126. The summed E-state index contributed by atoms with van der Waals surface area (Å²) in [5.41, 5.74) is 2.94. The van der Waals surface area contributed by atoms with Crippen molar-refractivity contribution in [3.63, 3.8) is 0 Å². The molecule has 1 fully saturated rings. The molecule has 1 atom stereocenters. The molecular weight excluding hydrogens is 436 g/mol. The summed E-state index contributed by atoms with van der Waals surface area (Å²) in [6, 6.07) is 13.6. The van der Waals surface area contributed by atoms with Gasteiger partial charge in [-0.3, -0.25) is 4.79 Å². The Bertz CT molecular complexity index is 1120. The monoisotopic (exact) mass is 464 g/mol. The fraction of sp³-hybridized carbons (Fsp3) is 0.308. The molecule has 4 rings (SSSR count). The van der Waals surface area contributed by atoms with Crippen molar-refractivity contribution in [3.8, 4) is 17.2 Å². The normalized spacial score (nSPS) is 15.7. The molecule has 0 saturated carbocycles. The maximum Gasteiger partial charge on any atom is 0.247 e. The molecule has 1 amide bonds. The summed E-state index contributed by atoms with van der Waals surface area (Å²) in [4.78, 5) is 19.3. The quantitative estimate of drug-likeness (QED) is 0.416. The van der Waals surface area contributed by atoms with Gasteiger partial charge in [0.2, 0.25) is 5.91 Å². The van der Waals surface area contributed by atoms with Crippen molar-refractivity contribution in [2.24, 2.45) is 0 Å². The van der Waals surface area contributed by atoms with Crippen molar-refractivity contribution in [1.82, 2.24) is 9.88 Å². The minimum Gasteiger partial charge on any atom is -0.493 e. The number of likely N-dealkylation sites (tertiary alicyclic amines) is 1. The zero-order valence-electron chi connectivity index (χ0n) is 19.1. The van der Waals surface area contributed by atoms with Crippen molar-refractivity contribution in [2.75, 3.05) is 20.8 Å². The molecule has 1 saturated heterocycles. The topological polar surface area (TPSA) is 60.9 Å². The van der Waals surface area contributed by atoms with Gasteiger partial charge in [-0.25, -0.2) is 4.98 Å². The highest BCUT2D eigenvalue weighted by Crippen LogP contribution is 2.37. The third-order valence-electron chi connectivity index (χ3n) is 5.68. The highest BCUT2D eigenvalue weighted by Gasteiger charge is 2.29. The first-order valence-corrected chi connectivity index (χ1v) is 11.8. The molecule has 0 bridgehead atoms. The van der Waals surface area contributed by atoms with E-state index in [1.807, 2.05) is 65.7 Å². The van der Waals surface area contributed by atoms with E-state index in [0.717, 1.165) is 47.0 Å². The summed E-state index contributed by atoms with van der Waals surface area (Å²) >= 11 is 1.62. The van der Waals surface area contributed by atoms with E-state index in [4.69, 9.17) is 14.2 Å². The molecule has 0 radical (unpaired) electrons. The second kappa shape index (κ2) is 10.5. The Labute approximate surface area is 198 Å². The van der Waals surface area contributed by atoms with Crippen LogP contribution in [0.2, 0.25) is 0 Å². The Balaban J connectivity index is 1.38. The number of aromatic nitrogens is 1. The molecule has 2 aromatic carbocycles.